The maximum absolute atomic E-state index is 11.4. The quantitative estimate of drug-likeness (QED) is 0.819. The number of hydrogen-bond donors (Lipinski definition) is 2. The summed E-state index contributed by atoms with van der Waals surface area (Å²) in [6, 6.07) is 8.46. The van der Waals surface area contributed by atoms with Gasteiger partial charge in [-0.15, -0.1) is 11.3 Å². The lowest BCUT2D eigenvalue weighted by Gasteiger charge is -2.17. The van der Waals surface area contributed by atoms with Crippen LogP contribution in [-0.2, 0) is 10.0 Å². The summed E-state index contributed by atoms with van der Waals surface area (Å²) in [7, 11) is -2.22. The highest BCUT2D eigenvalue weighted by molar-refractivity contribution is 9.11. The van der Waals surface area contributed by atoms with Gasteiger partial charge in [0, 0.05) is 4.88 Å². The van der Waals surface area contributed by atoms with E-state index in [1.807, 2.05) is 19.1 Å². The molecule has 1 heterocycles. The van der Waals surface area contributed by atoms with Gasteiger partial charge >= 0.3 is 0 Å². The number of primary sulfonamides is 1. The number of rotatable bonds is 5. The van der Waals surface area contributed by atoms with Gasteiger partial charge in [0.2, 0.25) is 10.0 Å². The molecule has 0 saturated heterocycles. The summed E-state index contributed by atoms with van der Waals surface area (Å²) >= 11 is 5.03. The SMILES string of the molecule is COc1ccc(S(N)(=O)=O)cc1NC(C)c1ccc(Br)s1. The number of benzene rings is 1. The molecule has 0 fully saturated rings. The van der Waals surface area contributed by atoms with Crippen LogP contribution in [0.15, 0.2) is 39.0 Å². The molecule has 0 radical (unpaired) electrons. The largest absolute Gasteiger partial charge is 0.495 e. The van der Waals surface area contributed by atoms with Crippen LogP contribution in [0.1, 0.15) is 17.8 Å². The summed E-state index contributed by atoms with van der Waals surface area (Å²) in [5.41, 5.74) is 0.584. The molecule has 0 amide bonds. The Kier molecular flexibility index (Phi) is 4.92. The fourth-order valence-corrected chi connectivity index (χ4v) is 3.81. The van der Waals surface area contributed by atoms with Gasteiger partial charge in [0.15, 0.2) is 0 Å². The third-order valence-electron chi connectivity index (χ3n) is 2.89. The molecular weight excluding hydrogens is 376 g/mol. The molecular formula is C13H15BrN2O3S2. The Hall–Kier alpha value is -1.09. The van der Waals surface area contributed by atoms with Crippen molar-refractivity contribution in [3.8, 4) is 5.75 Å². The van der Waals surface area contributed by atoms with Crippen molar-refractivity contribution in [3.63, 3.8) is 0 Å². The van der Waals surface area contributed by atoms with E-state index in [4.69, 9.17) is 9.88 Å². The monoisotopic (exact) mass is 390 g/mol. The van der Waals surface area contributed by atoms with Crippen molar-refractivity contribution in [2.75, 3.05) is 12.4 Å². The van der Waals surface area contributed by atoms with Crippen LogP contribution in [0.4, 0.5) is 5.69 Å². The van der Waals surface area contributed by atoms with Crippen LogP contribution in [0, 0.1) is 0 Å². The van der Waals surface area contributed by atoms with Crippen LogP contribution in [0.5, 0.6) is 5.75 Å². The number of sulfonamides is 1. The van der Waals surface area contributed by atoms with Crippen molar-refractivity contribution >= 4 is 43.0 Å². The second-order valence-electron chi connectivity index (χ2n) is 4.42. The molecule has 2 rings (SSSR count). The minimum absolute atomic E-state index is 0.00549. The Morgan fingerprint density at radius 3 is 2.57 bits per heavy atom. The van der Waals surface area contributed by atoms with Gasteiger partial charge in [-0.1, -0.05) is 0 Å². The van der Waals surface area contributed by atoms with E-state index in [0.29, 0.717) is 11.4 Å². The highest BCUT2D eigenvalue weighted by atomic mass is 79.9. The van der Waals surface area contributed by atoms with Gasteiger partial charge in [-0.05, 0) is 53.2 Å². The average molecular weight is 391 g/mol. The van der Waals surface area contributed by atoms with Crippen LogP contribution in [-0.4, -0.2) is 15.5 Å². The molecule has 0 aliphatic heterocycles. The molecule has 1 aromatic heterocycles. The normalized spacial score (nSPS) is 13.0. The van der Waals surface area contributed by atoms with Crippen LogP contribution in [0.3, 0.4) is 0 Å². The Morgan fingerprint density at radius 1 is 1.33 bits per heavy atom. The number of methoxy groups -OCH3 is 1. The first-order valence-electron chi connectivity index (χ1n) is 6.04. The van der Waals surface area contributed by atoms with Crippen LogP contribution in [0.2, 0.25) is 0 Å². The molecule has 3 N–H and O–H groups in total. The number of nitrogens with two attached hydrogens (primary N) is 1. The molecule has 114 valence electrons. The first kappa shape index (κ1) is 16.3. The summed E-state index contributed by atoms with van der Waals surface area (Å²) < 4.78 is 29.2. The highest BCUT2D eigenvalue weighted by Gasteiger charge is 2.15. The van der Waals surface area contributed by atoms with E-state index < -0.39 is 10.0 Å². The molecule has 0 aliphatic carbocycles. The number of thiophene rings is 1. The van der Waals surface area contributed by atoms with E-state index in [1.54, 1.807) is 17.4 Å². The second kappa shape index (κ2) is 6.35. The Morgan fingerprint density at radius 2 is 2.05 bits per heavy atom. The van der Waals surface area contributed by atoms with Gasteiger partial charge in [-0.25, -0.2) is 13.6 Å². The average Bonchev–Trinajstić information content (AvgIpc) is 2.84. The molecule has 0 spiro atoms. The summed E-state index contributed by atoms with van der Waals surface area (Å²) in [6.07, 6.45) is 0. The van der Waals surface area contributed by atoms with E-state index >= 15 is 0 Å². The van der Waals surface area contributed by atoms with Crippen molar-refractivity contribution in [3.05, 3.63) is 39.0 Å². The summed E-state index contributed by atoms with van der Waals surface area (Å²) in [5, 5.41) is 8.41. The van der Waals surface area contributed by atoms with E-state index in [1.165, 1.54) is 19.2 Å². The molecule has 0 bridgehead atoms. The van der Waals surface area contributed by atoms with Crippen molar-refractivity contribution < 1.29 is 13.2 Å². The van der Waals surface area contributed by atoms with Gasteiger partial charge in [-0.2, -0.15) is 0 Å². The summed E-state index contributed by atoms with van der Waals surface area (Å²) in [5.74, 6) is 0.560. The molecule has 1 unspecified atom stereocenters. The third kappa shape index (κ3) is 3.97. The zero-order valence-electron chi connectivity index (χ0n) is 11.5. The minimum atomic E-state index is -3.75. The topological polar surface area (TPSA) is 81.4 Å². The van der Waals surface area contributed by atoms with Gasteiger partial charge in [0.25, 0.3) is 0 Å². The fourth-order valence-electron chi connectivity index (χ4n) is 1.84. The maximum Gasteiger partial charge on any atom is 0.238 e. The zero-order chi connectivity index (χ0) is 15.6. The van der Waals surface area contributed by atoms with Crippen molar-refractivity contribution in [1.29, 1.82) is 0 Å². The van der Waals surface area contributed by atoms with Crippen molar-refractivity contribution in [2.24, 2.45) is 5.14 Å². The number of ether oxygens (including phenoxy) is 1. The Labute approximate surface area is 136 Å². The van der Waals surface area contributed by atoms with Crippen LogP contribution >= 0.6 is 27.3 Å². The lowest BCUT2D eigenvalue weighted by Crippen LogP contribution is -2.13. The number of halogens is 1. The predicted molar refractivity (Wildman–Crippen MR) is 88.4 cm³/mol. The second-order valence-corrected chi connectivity index (χ2v) is 8.47. The lowest BCUT2D eigenvalue weighted by atomic mass is 10.2. The predicted octanol–water partition coefficient (Wildman–Crippen LogP) is 3.34. The van der Waals surface area contributed by atoms with E-state index in [-0.39, 0.29) is 10.9 Å². The Bertz CT molecular complexity index is 744. The van der Waals surface area contributed by atoms with Crippen molar-refractivity contribution in [1.82, 2.24) is 0 Å². The molecule has 21 heavy (non-hydrogen) atoms. The summed E-state index contributed by atoms with van der Waals surface area (Å²) in [6.45, 7) is 1.99. The van der Waals surface area contributed by atoms with Gasteiger partial charge < -0.3 is 10.1 Å². The van der Waals surface area contributed by atoms with E-state index in [9.17, 15) is 8.42 Å². The van der Waals surface area contributed by atoms with Gasteiger partial charge in [-0.3, -0.25) is 0 Å². The van der Waals surface area contributed by atoms with Crippen LogP contribution in [0.25, 0.3) is 0 Å². The minimum Gasteiger partial charge on any atom is -0.495 e. The number of hydrogen-bond acceptors (Lipinski definition) is 5. The van der Waals surface area contributed by atoms with Crippen LogP contribution < -0.4 is 15.2 Å². The number of anilines is 1. The van der Waals surface area contributed by atoms with E-state index in [2.05, 4.69) is 21.2 Å². The molecule has 8 heteroatoms. The van der Waals surface area contributed by atoms with Crippen molar-refractivity contribution in [2.45, 2.75) is 17.9 Å². The molecule has 2 aromatic rings. The molecule has 1 aromatic carbocycles. The summed E-state index contributed by atoms with van der Waals surface area (Å²) in [4.78, 5) is 1.16. The first-order chi connectivity index (χ1) is 9.81. The third-order valence-corrected chi connectivity index (χ3v) is 5.61. The van der Waals surface area contributed by atoms with E-state index in [0.717, 1.165) is 8.66 Å². The number of nitrogens with one attached hydrogen (secondary N) is 1. The standard InChI is InChI=1S/C13H15BrN2O3S2/c1-8(12-5-6-13(14)20-12)16-10-7-9(21(15,17)18)3-4-11(10)19-2/h3-8,16H,1-2H3,(H2,15,17,18). The maximum atomic E-state index is 11.4. The van der Waals surface area contributed by atoms with Gasteiger partial charge in [0.05, 0.1) is 27.5 Å². The first-order valence-corrected chi connectivity index (χ1v) is 9.19. The fraction of sp³-hybridized carbons (Fsp3) is 0.231. The molecule has 0 saturated carbocycles. The van der Waals surface area contributed by atoms with Gasteiger partial charge in [0.1, 0.15) is 5.75 Å². The highest BCUT2D eigenvalue weighted by Crippen LogP contribution is 2.33. The smallest absolute Gasteiger partial charge is 0.238 e. The lowest BCUT2D eigenvalue weighted by molar-refractivity contribution is 0.415. The molecule has 0 aliphatic rings. The zero-order valence-corrected chi connectivity index (χ0v) is 14.7. The Balaban J connectivity index is 2.33. The molecule has 1 atom stereocenters. The molecule has 5 nitrogen and oxygen atoms in total.